The van der Waals surface area contributed by atoms with Crippen LogP contribution in [-0.4, -0.2) is 32.2 Å². The van der Waals surface area contributed by atoms with Crippen LogP contribution in [0, 0.1) is 16.0 Å². The summed E-state index contributed by atoms with van der Waals surface area (Å²) in [6.45, 7) is 0.783. The third-order valence-corrected chi connectivity index (χ3v) is 7.45. The number of anilines is 1. The van der Waals surface area contributed by atoms with E-state index in [1.54, 1.807) is 0 Å². The van der Waals surface area contributed by atoms with Crippen molar-refractivity contribution in [1.29, 1.82) is 0 Å². The number of nitro groups is 1. The minimum Gasteiger partial charge on any atom is -0.355 e. The molecular weight excluding hydrogens is 312 g/mol. The van der Waals surface area contributed by atoms with Gasteiger partial charge in [0.25, 0.3) is 0 Å². The van der Waals surface area contributed by atoms with Crippen LogP contribution in [0.3, 0.4) is 0 Å². The highest BCUT2D eigenvalue weighted by Crippen LogP contribution is 2.46. The molecule has 8 heteroatoms. The fraction of sp³-hybridized carbons (Fsp3) is 0.692. The maximum atomic E-state index is 11.7. The average Bonchev–Trinajstić information content (AvgIpc) is 3.04. The van der Waals surface area contributed by atoms with E-state index in [1.165, 1.54) is 18.9 Å². The number of fused-ring (bicyclic) bond motifs is 1. The van der Waals surface area contributed by atoms with Crippen LogP contribution < -0.4 is 4.90 Å². The Morgan fingerprint density at radius 1 is 1.33 bits per heavy atom. The molecule has 2 atom stereocenters. The smallest absolute Gasteiger partial charge is 0.305 e. The summed E-state index contributed by atoms with van der Waals surface area (Å²) in [6, 6.07) is 1.55. The molecule has 116 valence electrons. The minimum atomic E-state index is -3.41. The summed E-state index contributed by atoms with van der Waals surface area (Å²) in [5.74, 6) is 0.599. The summed E-state index contributed by atoms with van der Waals surface area (Å²) in [5, 5.41) is 11.8. The number of sulfone groups is 1. The van der Waals surface area contributed by atoms with Crippen molar-refractivity contribution >= 4 is 31.9 Å². The highest BCUT2D eigenvalue weighted by Gasteiger charge is 2.39. The van der Waals surface area contributed by atoms with Gasteiger partial charge in [-0.2, -0.15) is 0 Å². The summed E-state index contributed by atoms with van der Waals surface area (Å²) in [5.41, 5.74) is -0.0621. The van der Waals surface area contributed by atoms with Gasteiger partial charge in [-0.15, -0.1) is 0 Å². The molecule has 21 heavy (non-hydrogen) atoms. The van der Waals surface area contributed by atoms with Gasteiger partial charge in [0, 0.05) is 24.9 Å². The van der Waals surface area contributed by atoms with Crippen LogP contribution in [0.1, 0.15) is 32.1 Å². The molecule has 0 spiro atoms. The second-order valence-electron chi connectivity index (χ2n) is 5.88. The number of thiophene rings is 1. The molecule has 0 N–H and O–H groups in total. The molecule has 1 saturated carbocycles. The predicted molar refractivity (Wildman–Crippen MR) is 81.8 cm³/mol. The summed E-state index contributed by atoms with van der Waals surface area (Å²) in [4.78, 5) is 12.9. The quantitative estimate of drug-likeness (QED) is 0.629. The molecule has 3 rings (SSSR count). The molecule has 0 bridgehead atoms. The van der Waals surface area contributed by atoms with E-state index in [1.807, 2.05) is 0 Å². The molecule has 2 aliphatic rings. The van der Waals surface area contributed by atoms with Crippen LogP contribution in [-0.2, 0) is 9.84 Å². The van der Waals surface area contributed by atoms with Crippen LogP contribution >= 0.6 is 11.3 Å². The molecule has 0 aromatic carbocycles. The second-order valence-corrected chi connectivity index (χ2v) is 9.15. The molecule has 1 aliphatic heterocycles. The van der Waals surface area contributed by atoms with Crippen molar-refractivity contribution in [1.82, 2.24) is 0 Å². The molecule has 1 aromatic rings. The number of nitrogens with zero attached hydrogens (tertiary/aromatic N) is 2. The third-order valence-electron chi connectivity index (χ3n) is 4.49. The van der Waals surface area contributed by atoms with E-state index in [-0.39, 0.29) is 9.90 Å². The highest BCUT2D eigenvalue weighted by molar-refractivity contribution is 7.92. The lowest BCUT2D eigenvalue weighted by Gasteiger charge is -2.38. The maximum Gasteiger partial charge on any atom is 0.305 e. The van der Waals surface area contributed by atoms with Crippen LogP contribution in [0.4, 0.5) is 10.7 Å². The lowest BCUT2D eigenvalue weighted by molar-refractivity contribution is -0.383. The van der Waals surface area contributed by atoms with E-state index in [0.29, 0.717) is 17.0 Å². The Bertz CT molecular complexity index is 668. The molecule has 1 aromatic heterocycles. The molecule has 0 unspecified atom stereocenters. The van der Waals surface area contributed by atoms with Gasteiger partial charge in [-0.05, 0) is 31.6 Å². The molecule has 1 saturated heterocycles. The van der Waals surface area contributed by atoms with Gasteiger partial charge in [0.15, 0.2) is 14.8 Å². The van der Waals surface area contributed by atoms with Gasteiger partial charge in [0.2, 0.25) is 0 Å². The first kappa shape index (κ1) is 14.8. The number of hydrogen-bond donors (Lipinski definition) is 0. The molecule has 1 aliphatic carbocycles. The van der Waals surface area contributed by atoms with E-state index in [9.17, 15) is 18.5 Å². The summed E-state index contributed by atoms with van der Waals surface area (Å²) >= 11 is 1.05. The van der Waals surface area contributed by atoms with E-state index in [0.717, 1.165) is 43.4 Å². The van der Waals surface area contributed by atoms with Crippen molar-refractivity contribution in [3.63, 3.8) is 0 Å². The highest BCUT2D eigenvalue weighted by atomic mass is 32.2. The maximum absolute atomic E-state index is 11.7. The third kappa shape index (κ3) is 2.66. The summed E-state index contributed by atoms with van der Waals surface area (Å²) in [7, 11) is -3.41. The number of hydrogen-bond acceptors (Lipinski definition) is 6. The fourth-order valence-electron chi connectivity index (χ4n) is 3.58. The SMILES string of the molecule is CS(=O)(=O)c1cc([N+](=O)[O-])c(N2CCC[C@H]3CCC[C@@H]32)s1. The lowest BCUT2D eigenvalue weighted by atomic mass is 9.92. The van der Waals surface area contributed by atoms with Gasteiger partial charge in [-0.25, -0.2) is 8.42 Å². The van der Waals surface area contributed by atoms with Crippen molar-refractivity contribution in [2.24, 2.45) is 5.92 Å². The van der Waals surface area contributed by atoms with Gasteiger partial charge in [-0.3, -0.25) is 10.1 Å². The van der Waals surface area contributed by atoms with Gasteiger partial charge in [-0.1, -0.05) is 17.8 Å². The van der Waals surface area contributed by atoms with Crippen molar-refractivity contribution in [2.45, 2.75) is 42.4 Å². The fourth-order valence-corrected chi connectivity index (χ4v) is 5.69. The first-order chi connectivity index (χ1) is 9.88. The topological polar surface area (TPSA) is 80.5 Å². The van der Waals surface area contributed by atoms with Crippen molar-refractivity contribution in [2.75, 3.05) is 17.7 Å². The van der Waals surface area contributed by atoms with Crippen LogP contribution in [0.25, 0.3) is 0 Å². The molecule has 0 amide bonds. The van der Waals surface area contributed by atoms with E-state index in [4.69, 9.17) is 0 Å². The molecule has 0 radical (unpaired) electrons. The second kappa shape index (κ2) is 5.24. The Labute approximate surface area is 127 Å². The Hall–Kier alpha value is -1.15. The zero-order chi connectivity index (χ0) is 15.2. The Morgan fingerprint density at radius 2 is 2.05 bits per heavy atom. The van der Waals surface area contributed by atoms with Gasteiger partial charge in [0.1, 0.15) is 4.21 Å². The zero-order valence-corrected chi connectivity index (χ0v) is 13.5. The molecule has 6 nitrogen and oxygen atoms in total. The van der Waals surface area contributed by atoms with Crippen LogP contribution in [0.5, 0.6) is 0 Å². The number of rotatable bonds is 3. The van der Waals surface area contributed by atoms with Gasteiger partial charge >= 0.3 is 5.69 Å². The van der Waals surface area contributed by atoms with Crippen LogP contribution in [0.2, 0.25) is 0 Å². The van der Waals surface area contributed by atoms with Crippen LogP contribution in [0.15, 0.2) is 10.3 Å². The van der Waals surface area contributed by atoms with E-state index >= 15 is 0 Å². The lowest BCUT2D eigenvalue weighted by Crippen LogP contribution is -2.42. The Kier molecular flexibility index (Phi) is 3.69. The van der Waals surface area contributed by atoms with Crippen molar-refractivity contribution < 1.29 is 13.3 Å². The van der Waals surface area contributed by atoms with Gasteiger partial charge < -0.3 is 4.90 Å². The Morgan fingerprint density at radius 3 is 2.71 bits per heavy atom. The zero-order valence-electron chi connectivity index (χ0n) is 11.8. The van der Waals surface area contributed by atoms with E-state index < -0.39 is 14.8 Å². The summed E-state index contributed by atoms with van der Waals surface area (Å²) < 4.78 is 23.5. The summed E-state index contributed by atoms with van der Waals surface area (Å²) in [6.07, 6.45) is 6.68. The van der Waals surface area contributed by atoms with Crippen molar-refractivity contribution in [3.8, 4) is 0 Å². The first-order valence-electron chi connectivity index (χ1n) is 7.13. The standard InChI is InChI=1S/C13H18N2O4S2/c1-21(18,19)12-8-11(15(16)17)13(20-12)14-7-3-5-9-4-2-6-10(9)14/h8-10H,2-7H2,1H3/t9-,10+/m1/s1. The number of piperidine rings is 1. The predicted octanol–water partition coefficient (Wildman–Crippen LogP) is 2.83. The van der Waals surface area contributed by atoms with Gasteiger partial charge in [0.05, 0.1) is 4.92 Å². The Balaban J connectivity index is 2.04. The average molecular weight is 330 g/mol. The normalized spacial score (nSPS) is 25.9. The first-order valence-corrected chi connectivity index (χ1v) is 9.83. The monoisotopic (exact) mass is 330 g/mol. The molecule has 2 fully saturated rings. The molecule has 2 heterocycles. The largest absolute Gasteiger partial charge is 0.355 e. The minimum absolute atomic E-state index is 0.0621. The van der Waals surface area contributed by atoms with Crippen molar-refractivity contribution in [3.05, 3.63) is 16.2 Å². The van der Waals surface area contributed by atoms with E-state index in [2.05, 4.69) is 4.90 Å². The molecular formula is C13H18N2O4S2.